The van der Waals surface area contributed by atoms with Crippen molar-refractivity contribution in [1.82, 2.24) is 10.2 Å². The average molecular weight is 300 g/mol. The maximum atomic E-state index is 12.4. The zero-order chi connectivity index (χ0) is 15.9. The zero-order valence-corrected chi connectivity index (χ0v) is 12.8. The van der Waals surface area contributed by atoms with Crippen LogP contribution in [0.2, 0.25) is 0 Å². The van der Waals surface area contributed by atoms with Gasteiger partial charge in [0.2, 0.25) is 11.8 Å². The molecule has 2 rings (SSSR count). The number of rotatable bonds is 6. The molecule has 0 aliphatic carbocycles. The van der Waals surface area contributed by atoms with E-state index in [1.807, 2.05) is 36.4 Å². The van der Waals surface area contributed by atoms with Crippen LogP contribution < -0.4 is 5.32 Å². The fraction of sp³-hybridized carbons (Fsp3) is 0.294. The normalized spacial score (nSPS) is 11.7. The van der Waals surface area contributed by atoms with Crippen LogP contribution in [0.1, 0.15) is 30.7 Å². The second kappa shape index (κ2) is 7.45. The van der Waals surface area contributed by atoms with Crippen LogP contribution in [-0.4, -0.2) is 23.8 Å². The molecule has 1 unspecified atom stereocenters. The third kappa shape index (κ3) is 4.48. The lowest BCUT2D eigenvalue weighted by atomic mass is 10.0. The second-order valence-corrected chi connectivity index (χ2v) is 5.20. The molecule has 5 nitrogen and oxygen atoms in total. The monoisotopic (exact) mass is 300 g/mol. The van der Waals surface area contributed by atoms with Gasteiger partial charge in [-0.15, -0.1) is 0 Å². The highest BCUT2D eigenvalue weighted by Gasteiger charge is 2.19. The predicted molar refractivity (Wildman–Crippen MR) is 82.8 cm³/mol. The van der Waals surface area contributed by atoms with Crippen LogP contribution in [0.3, 0.4) is 0 Å². The Morgan fingerprint density at radius 2 is 1.91 bits per heavy atom. The Balaban J connectivity index is 2.03. The number of hydrogen-bond donors (Lipinski definition) is 1. The van der Waals surface area contributed by atoms with E-state index >= 15 is 0 Å². The molecular weight excluding hydrogens is 280 g/mol. The molecule has 2 aromatic rings. The summed E-state index contributed by atoms with van der Waals surface area (Å²) >= 11 is 0. The summed E-state index contributed by atoms with van der Waals surface area (Å²) in [5, 5.41) is 2.83. The van der Waals surface area contributed by atoms with Crippen LogP contribution in [-0.2, 0) is 16.1 Å². The highest BCUT2D eigenvalue weighted by Crippen LogP contribution is 2.18. The van der Waals surface area contributed by atoms with Gasteiger partial charge in [-0.2, -0.15) is 0 Å². The first-order valence-corrected chi connectivity index (χ1v) is 7.14. The molecule has 0 saturated carbocycles. The molecule has 0 saturated heterocycles. The quantitative estimate of drug-likeness (QED) is 0.891. The van der Waals surface area contributed by atoms with E-state index in [2.05, 4.69) is 5.32 Å². The maximum absolute atomic E-state index is 12.4. The van der Waals surface area contributed by atoms with E-state index in [0.29, 0.717) is 6.54 Å². The van der Waals surface area contributed by atoms with Gasteiger partial charge in [0.1, 0.15) is 5.76 Å². The maximum Gasteiger partial charge on any atom is 0.225 e. The smallest absolute Gasteiger partial charge is 0.225 e. The number of amides is 2. The summed E-state index contributed by atoms with van der Waals surface area (Å²) in [7, 11) is 1.72. The first-order chi connectivity index (χ1) is 10.6. The molecule has 22 heavy (non-hydrogen) atoms. The van der Waals surface area contributed by atoms with Gasteiger partial charge in [-0.1, -0.05) is 30.3 Å². The number of nitrogens with one attached hydrogen (secondary N) is 1. The van der Waals surface area contributed by atoms with Gasteiger partial charge < -0.3 is 14.6 Å². The van der Waals surface area contributed by atoms with E-state index in [1.54, 1.807) is 24.3 Å². The lowest BCUT2D eigenvalue weighted by Gasteiger charge is -2.22. The zero-order valence-electron chi connectivity index (χ0n) is 12.8. The summed E-state index contributed by atoms with van der Waals surface area (Å²) in [6, 6.07) is 12.8. The molecule has 1 heterocycles. The Labute approximate surface area is 129 Å². The number of carbonyl (C=O) groups excluding carboxylic acids is 2. The van der Waals surface area contributed by atoms with Gasteiger partial charge in [-0.05, 0) is 17.7 Å². The van der Waals surface area contributed by atoms with Crippen molar-refractivity contribution >= 4 is 11.8 Å². The van der Waals surface area contributed by atoms with E-state index in [9.17, 15) is 9.59 Å². The van der Waals surface area contributed by atoms with Gasteiger partial charge in [-0.3, -0.25) is 9.59 Å². The van der Waals surface area contributed by atoms with E-state index in [0.717, 1.165) is 11.3 Å². The summed E-state index contributed by atoms with van der Waals surface area (Å²) in [4.78, 5) is 25.3. The van der Waals surface area contributed by atoms with Crippen LogP contribution in [0.25, 0.3) is 0 Å². The topological polar surface area (TPSA) is 62.6 Å². The fourth-order valence-corrected chi connectivity index (χ4v) is 2.24. The van der Waals surface area contributed by atoms with Crippen molar-refractivity contribution in [3.63, 3.8) is 0 Å². The Bertz CT molecular complexity index is 608. The Morgan fingerprint density at radius 1 is 1.18 bits per heavy atom. The lowest BCUT2D eigenvalue weighted by molar-refractivity contribution is -0.131. The predicted octanol–water partition coefficient (Wildman–Crippen LogP) is 2.51. The van der Waals surface area contributed by atoms with Gasteiger partial charge in [-0.25, -0.2) is 0 Å². The Morgan fingerprint density at radius 3 is 2.50 bits per heavy atom. The molecule has 0 fully saturated rings. The van der Waals surface area contributed by atoms with Crippen molar-refractivity contribution in [2.45, 2.75) is 25.9 Å². The van der Waals surface area contributed by atoms with Crippen molar-refractivity contribution in [3.05, 3.63) is 60.1 Å². The molecule has 0 bridgehead atoms. The van der Waals surface area contributed by atoms with Gasteiger partial charge in [0, 0.05) is 14.0 Å². The number of benzene rings is 1. The summed E-state index contributed by atoms with van der Waals surface area (Å²) in [5.74, 6) is 0.515. The van der Waals surface area contributed by atoms with Gasteiger partial charge >= 0.3 is 0 Å². The first-order valence-electron chi connectivity index (χ1n) is 7.14. The molecule has 0 radical (unpaired) electrons. The molecule has 1 N–H and O–H groups in total. The van der Waals surface area contributed by atoms with Crippen molar-refractivity contribution in [2.75, 3.05) is 7.05 Å². The molecule has 0 spiro atoms. The molecule has 1 aromatic heterocycles. The fourth-order valence-electron chi connectivity index (χ4n) is 2.24. The number of carbonyl (C=O) groups is 2. The third-order valence-corrected chi connectivity index (χ3v) is 3.36. The molecule has 1 aromatic carbocycles. The van der Waals surface area contributed by atoms with Gasteiger partial charge in [0.25, 0.3) is 0 Å². The van der Waals surface area contributed by atoms with Gasteiger partial charge in [0.15, 0.2) is 0 Å². The van der Waals surface area contributed by atoms with Crippen LogP contribution in [0, 0.1) is 0 Å². The summed E-state index contributed by atoms with van der Waals surface area (Å²) < 4.78 is 5.24. The largest absolute Gasteiger partial charge is 0.467 e. The SMILES string of the molecule is CC(=O)NC(CC(=O)N(C)Cc1ccco1)c1ccccc1. The lowest BCUT2D eigenvalue weighted by Crippen LogP contribution is -2.33. The minimum Gasteiger partial charge on any atom is -0.467 e. The molecule has 0 aliphatic rings. The summed E-state index contributed by atoms with van der Waals surface area (Å²) in [6.07, 6.45) is 1.79. The van der Waals surface area contributed by atoms with E-state index in [1.165, 1.54) is 6.92 Å². The van der Waals surface area contributed by atoms with Crippen molar-refractivity contribution in [2.24, 2.45) is 0 Å². The molecule has 116 valence electrons. The molecule has 1 atom stereocenters. The number of hydrogen-bond acceptors (Lipinski definition) is 3. The van der Waals surface area contributed by atoms with E-state index in [-0.39, 0.29) is 24.3 Å². The molecule has 5 heteroatoms. The van der Waals surface area contributed by atoms with Crippen LogP contribution in [0.5, 0.6) is 0 Å². The number of furan rings is 1. The molecule has 2 amide bonds. The second-order valence-electron chi connectivity index (χ2n) is 5.20. The van der Waals surface area contributed by atoms with Crippen LogP contribution in [0.4, 0.5) is 0 Å². The van der Waals surface area contributed by atoms with Crippen molar-refractivity contribution in [3.8, 4) is 0 Å². The van der Waals surface area contributed by atoms with Crippen LogP contribution in [0.15, 0.2) is 53.1 Å². The third-order valence-electron chi connectivity index (χ3n) is 3.36. The summed E-state index contributed by atoms with van der Waals surface area (Å²) in [5.41, 5.74) is 0.914. The molecule has 0 aliphatic heterocycles. The average Bonchev–Trinajstić information content (AvgIpc) is 3.00. The highest BCUT2D eigenvalue weighted by atomic mass is 16.3. The minimum atomic E-state index is -0.328. The molecular formula is C17H20N2O3. The van der Waals surface area contributed by atoms with Gasteiger partial charge in [0.05, 0.1) is 25.3 Å². The van der Waals surface area contributed by atoms with Crippen molar-refractivity contribution in [1.29, 1.82) is 0 Å². The van der Waals surface area contributed by atoms with Crippen molar-refractivity contribution < 1.29 is 14.0 Å². The summed E-state index contributed by atoms with van der Waals surface area (Å²) in [6.45, 7) is 1.86. The number of nitrogens with zero attached hydrogens (tertiary/aromatic N) is 1. The van der Waals surface area contributed by atoms with E-state index in [4.69, 9.17) is 4.42 Å². The standard InChI is InChI=1S/C17H20N2O3/c1-13(20)18-16(14-7-4-3-5-8-14)11-17(21)19(2)12-15-9-6-10-22-15/h3-10,16H,11-12H2,1-2H3,(H,18,20). The first kappa shape index (κ1) is 15.8. The Hall–Kier alpha value is -2.56. The minimum absolute atomic E-state index is 0.0565. The highest BCUT2D eigenvalue weighted by molar-refractivity contribution is 5.79. The van der Waals surface area contributed by atoms with Crippen LogP contribution >= 0.6 is 0 Å². The Kier molecular flexibility index (Phi) is 5.36. The van der Waals surface area contributed by atoms with E-state index < -0.39 is 0 Å².